The summed E-state index contributed by atoms with van der Waals surface area (Å²) in [6.07, 6.45) is 0.922. The fourth-order valence-corrected chi connectivity index (χ4v) is 0.494. The first-order chi connectivity index (χ1) is 5.20. The Morgan fingerprint density at radius 2 is 2.27 bits per heavy atom. The van der Waals surface area contributed by atoms with Crippen molar-refractivity contribution in [3.63, 3.8) is 0 Å². The van der Waals surface area contributed by atoms with Crippen molar-refractivity contribution in [2.45, 2.75) is 19.8 Å². The van der Waals surface area contributed by atoms with Gasteiger partial charge in [0.25, 0.3) is 0 Å². The van der Waals surface area contributed by atoms with Crippen LogP contribution in [0.2, 0.25) is 0 Å². The first-order valence-electron chi connectivity index (χ1n) is 3.57. The molecular weight excluding hydrogens is 144 g/mol. The lowest BCUT2D eigenvalue weighted by Gasteiger charge is -2.01. The third-order valence-corrected chi connectivity index (χ3v) is 1.08. The van der Waals surface area contributed by atoms with Crippen molar-refractivity contribution in [2.24, 2.45) is 10.7 Å². The molecule has 0 rings (SSSR count). The molecule has 0 fully saturated rings. The van der Waals surface area contributed by atoms with Crippen molar-refractivity contribution in [1.82, 2.24) is 0 Å². The maximum atomic E-state index is 10.8. The van der Waals surface area contributed by atoms with E-state index in [9.17, 15) is 4.79 Å². The van der Waals surface area contributed by atoms with E-state index in [2.05, 4.69) is 4.99 Å². The Bertz CT molecular complexity index is 155. The first kappa shape index (κ1) is 9.94. The van der Waals surface area contributed by atoms with E-state index in [4.69, 9.17) is 10.5 Å². The predicted octanol–water partition coefficient (Wildman–Crippen LogP) is 0.317. The summed E-state index contributed by atoms with van der Waals surface area (Å²) in [5.74, 6) is 0.000975. The Morgan fingerprint density at radius 3 is 2.73 bits per heavy atom. The predicted molar refractivity (Wildman–Crippen MR) is 43.4 cm³/mol. The van der Waals surface area contributed by atoms with Gasteiger partial charge in [-0.3, -0.25) is 9.79 Å². The van der Waals surface area contributed by atoms with Gasteiger partial charge in [-0.2, -0.15) is 0 Å². The molecule has 11 heavy (non-hydrogen) atoms. The molecule has 0 saturated carbocycles. The lowest BCUT2D eigenvalue weighted by molar-refractivity contribution is -0.142. The summed E-state index contributed by atoms with van der Waals surface area (Å²) in [5.41, 5.74) is 5.29. The summed E-state index contributed by atoms with van der Waals surface area (Å²) in [6.45, 7) is 2.39. The number of nitrogens with zero attached hydrogens (tertiary/aromatic N) is 1. The molecule has 0 atom stereocenters. The molecule has 0 heterocycles. The van der Waals surface area contributed by atoms with Gasteiger partial charge in [0.2, 0.25) is 0 Å². The zero-order valence-electron chi connectivity index (χ0n) is 6.96. The van der Waals surface area contributed by atoms with E-state index in [0.29, 0.717) is 12.4 Å². The monoisotopic (exact) mass is 158 g/mol. The highest BCUT2D eigenvalue weighted by atomic mass is 16.5. The number of hydrogen-bond donors (Lipinski definition) is 1. The second kappa shape index (κ2) is 5.70. The van der Waals surface area contributed by atoms with E-state index >= 15 is 0 Å². The van der Waals surface area contributed by atoms with Gasteiger partial charge >= 0.3 is 5.97 Å². The number of aliphatic imine (C=N–C) groups is 1. The number of hydrogen-bond acceptors (Lipinski definition) is 3. The van der Waals surface area contributed by atoms with Crippen LogP contribution in [0.5, 0.6) is 0 Å². The quantitative estimate of drug-likeness (QED) is 0.364. The highest BCUT2D eigenvalue weighted by molar-refractivity contribution is 5.96. The van der Waals surface area contributed by atoms with Crippen LogP contribution in [0, 0.1) is 0 Å². The number of nitrogens with two attached hydrogens (primary N) is 1. The van der Waals surface area contributed by atoms with E-state index in [0.717, 1.165) is 6.42 Å². The van der Waals surface area contributed by atoms with Crippen molar-refractivity contribution in [2.75, 3.05) is 13.7 Å². The van der Waals surface area contributed by atoms with Gasteiger partial charge in [-0.25, -0.2) is 0 Å². The van der Waals surface area contributed by atoms with Gasteiger partial charge in [0.15, 0.2) is 0 Å². The largest absolute Gasteiger partial charge is 0.465 e. The topological polar surface area (TPSA) is 64.7 Å². The Balaban J connectivity index is 3.53. The molecule has 0 amide bonds. The summed E-state index contributed by atoms with van der Waals surface area (Å²) >= 11 is 0. The molecule has 2 N–H and O–H groups in total. The van der Waals surface area contributed by atoms with E-state index < -0.39 is 0 Å². The molecule has 0 unspecified atom stereocenters. The van der Waals surface area contributed by atoms with Crippen molar-refractivity contribution >= 4 is 11.8 Å². The molecule has 0 aliphatic carbocycles. The van der Waals surface area contributed by atoms with Crippen LogP contribution in [-0.4, -0.2) is 25.5 Å². The molecule has 4 heteroatoms. The van der Waals surface area contributed by atoms with Gasteiger partial charge in [-0.05, 0) is 6.42 Å². The van der Waals surface area contributed by atoms with Crippen molar-refractivity contribution in [1.29, 1.82) is 0 Å². The van der Waals surface area contributed by atoms with Gasteiger partial charge in [0.1, 0.15) is 12.3 Å². The van der Waals surface area contributed by atoms with Crippen molar-refractivity contribution in [3.05, 3.63) is 0 Å². The van der Waals surface area contributed by atoms with Crippen LogP contribution in [-0.2, 0) is 9.53 Å². The van der Waals surface area contributed by atoms with Crippen molar-refractivity contribution in [3.8, 4) is 0 Å². The second-order valence-electron chi connectivity index (χ2n) is 2.11. The van der Waals surface area contributed by atoms with Crippen LogP contribution in [0.3, 0.4) is 0 Å². The molecule has 64 valence electrons. The van der Waals surface area contributed by atoms with E-state index in [-0.39, 0.29) is 12.4 Å². The molecule has 0 aliphatic heterocycles. The molecule has 0 aromatic heterocycles. The number of ether oxygens (including phenoxy) is 1. The average Bonchev–Trinajstić information content (AvgIpc) is 2.00. The normalized spacial score (nSPS) is 11.3. The fourth-order valence-electron chi connectivity index (χ4n) is 0.494. The van der Waals surface area contributed by atoms with Gasteiger partial charge < -0.3 is 10.5 Å². The minimum Gasteiger partial charge on any atom is -0.465 e. The van der Waals surface area contributed by atoms with Crippen LogP contribution >= 0.6 is 0 Å². The third-order valence-electron chi connectivity index (χ3n) is 1.08. The fraction of sp³-hybridized carbons (Fsp3) is 0.714. The molecule has 0 aromatic carbocycles. The Labute approximate surface area is 66.4 Å². The van der Waals surface area contributed by atoms with E-state index in [1.807, 2.05) is 6.92 Å². The molecule has 0 bridgehead atoms. The molecule has 0 aromatic rings. The van der Waals surface area contributed by atoms with E-state index in [1.54, 1.807) is 7.05 Å². The molecule has 0 saturated heterocycles. The lowest BCUT2D eigenvalue weighted by Crippen LogP contribution is -2.18. The van der Waals surface area contributed by atoms with Crippen LogP contribution < -0.4 is 5.73 Å². The Morgan fingerprint density at radius 1 is 1.64 bits per heavy atom. The number of esters is 1. The van der Waals surface area contributed by atoms with E-state index in [1.165, 1.54) is 0 Å². The number of carbonyl (C=O) groups is 1. The third kappa shape index (κ3) is 5.39. The highest BCUT2D eigenvalue weighted by Crippen LogP contribution is 1.88. The molecule has 4 nitrogen and oxygen atoms in total. The summed E-state index contributed by atoms with van der Waals surface area (Å²) < 4.78 is 4.76. The van der Waals surface area contributed by atoms with Gasteiger partial charge in [0.05, 0.1) is 6.61 Å². The zero-order chi connectivity index (χ0) is 8.69. The number of amidine groups is 1. The Hall–Kier alpha value is -1.06. The molecule has 0 radical (unpaired) electrons. The maximum absolute atomic E-state index is 10.8. The summed E-state index contributed by atoms with van der Waals surface area (Å²) in [4.78, 5) is 14.4. The standard InChI is InChI=1S/C7H14N2O2/c1-3-4-11-7(10)5-6(8)9-2/h3-5H2,1-2H3,(H2,8,9). The van der Waals surface area contributed by atoms with Gasteiger partial charge in [-0.15, -0.1) is 0 Å². The maximum Gasteiger partial charge on any atom is 0.313 e. The van der Waals surface area contributed by atoms with Crippen molar-refractivity contribution < 1.29 is 9.53 Å². The summed E-state index contributed by atoms with van der Waals surface area (Å²) in [5, 5.41) is 0. The van der Waals surface area contributed by atoms with Crippen LogP contribution in [0.4, 0.5) is 0 Å². The summed E-state index contributed by atoms with van der Waals surface area (Å²) in [7, 11) is 1.54. The molecular formula is C7H14N2O2. The van der Waals surface area contributed by atoms with Gasteiger partial charge in [-0.1, -0.05) is 6.92 Å². The molecule has 0 aliphatic rings. The minimum atomic E-state index is -0.310. The number of rotatable bonds is 4. The van der Waals surface area contributed by atoms with Crippen LogP contribution in [0.15, 0.2) is 4.99 Å². The number of carbonyl (C=O) groups excluding carboxylic acids is 1. The summed E-state index contributed by atoms with van der Waals surface area (Å²) in [6, 6.07) is 0. The van der Waals surface area contributed by atoms with Crippen LogP contribution in [0.1, 0.15) is 19.8 Å². The van der Waals surface area contributed by atoms with Gasteiger partial charge in [0, 0.05) is 7.05 Å². The highest BCUT2D eigenvalue weighted by Gasteiger charge is 2.03. The molecule has 0 spiro atoms. The average molecular weight is 158 g/mol. The lowest BCUT2D eigenvalue weighted by atomic mass is 10.4. The smallest absolute Gasteiger partial charge is 0.313 e. The minimum absolute atomic E-state index is 0.0937. The zero-order valence-corrected chi connectivity index (χ0v) is 6.96. The second-order valence-corrected chi connectivity index (χ2v) is 2.11. The first-order valence-corrected chi connectivity index (χ1v) is 3.57. The Kier molecular flexibility index (Phi) is 5.15. The SMILES string of the molecule is CCCOC(=O)CC(N)=NC. The van der Waals surface area contributed by atoms with Crippen LogP contribution in [0.25, 0.3) is 0 Å².